The van der Waals surface area contributed by atoms with E-state index in [2.05, 4.69) is 27.7 Å². The summed E-state index contributed by atoms with van der Waals surface area (Å²) in [5.41, 5.74) is 2.85. The van der Waals surface area contributed by atoms with Gasteiger partial charge in [-0.1, -0.05) is 55.0 Å². The first-order valence-corrected chi connectivity index (χ1v) is 9.83. The summed E-state index contributed by atoms with van der Waals surface area (Å²) < 4.78 is 7.70. The Morgan fingerprint density at radius 1 is 0.926 bits per heavy atom. The summed E-state index contributed by atoms with van der Waals surface area (Å²) >= 11 is 0. The number of piperidine rings is 1. The Bertz CT molecular complexity index is 895. The van der Waals surface area contributed by atoms with Crippen LogP contribution in [0.3, 0.4) is 0 Å². The van der Waals surface area contributed by atoms with Crippen molar-refractivity contribution in [2.75, 3.05) is 26.2 Å². The van der Waals surface area contributed by atoms with Crippen molar-refractivity contribution in [3.05, 3.63) is 71.9 Å². The molecule has 1 aliphatic rings. The van der Waals surface area contributed by atoms with Gasteiger partial charge in [-0.2, -0.15) is 0 Å². The fraction of sp³-hybridized carbons (Fsp3) is 0.348. The standard InChI is InChI=1S/C23H26N2O2/c26-23(27-16-15-24-13-7-2-8-14-24)22-17-20-11-5-6-12-21(20)25(22)18-19-9-3-1-4-10-19/h1,3-6,9-12,17H,2,7-8,13-16,18H2. The molecule has 4 rings (SSSR count). The fourth-order valence-electron chi connectivity index (χ4n) is 3.84. The number of fused-ring (bicyclic) bond motifs is 1. The van der Waals surface area contributed by atoms with Crippen molar-refractivity contribution in [2.24, 2.45) is 0 Å². The molecule has 4 nitrogen and oxygen atoms in total. The number of nitrogens with zero attached hydrogens (tertiary/aromatic N) is 2. The lowest BCUT2D eigenvalue weighted by molar-refractivity contribution is 0.0441. The number of ether oxygens (including phenoxy) is 1. The van der Waals surface area contributed by atoms with Crippen molar-refractivity contribution in [3.8, 4) is 0 Å². The Morgan fingerprint density at radius 2 is 1.67 bits per heavy atom. The van der Waals surface area contributed by atoms with Crippen molar-refractivity contribution in [1.82, 2.24) is 9.47 Å². The van der Waals surface area contributed by atoms with Crippen molar-refractivity contribution < 1.29 is 9.53 Å². The summed E-state index contributed by atoms with van der Waals surface area (Å²) in [4.78, 5) is 15.2. The van der Waals surface area contributed by atoms with Crippen LogP contribution in [0.1, 0.15) is 35.3 Å². The number of likely N-dealkylation sites (tertiary alicyclic amines) is 1. The van der Waals surface area contributed by atoms with E-state index in [1.54, 1.807) is 0 Å². The summed E-state index contributed by atoms with van der Waals surface area (Å²) in [6, 6.07) is 20.3. The minimum absolute atomic E-state index is 0.237. The van der Waals surface area contributed by atoms with Crippen molar-refractivity contribution in [3.63, 3.8) is 0 Å². The van der Waals surface area contributed by atoms with E-state index < -0.39 is 0 Å². The third kappa shape index (κ3) is 4.22. The molecule has 2 aromatic carbocycles. The summed E-state index contributed by atoms with van der Waals surface area (Å²) in [5, 5.41) is 1.07. The third-order valence-electron chi connectivity index (χ3n) is 5.29. The molecule has 1 aliphatic heterocycles. The van der Waals surface area contributed by atoms with E-state index in [0.717, 1.165) is 30.5 Å². The van der Waals surface area contributed by atoms with E-state index in [-0.39, 0.29) is 5.97 Å². The predicted molar refractivity (Wildman–Crippen MR) is 108 cm³/mol. The number of carbonyl (C=O) groups is 1. The SMILES string of the molecule is O=C(OCCN1CCCCC1)c1cc2ccccc2n1Cc1ccccc1. The lowest BCUT2D eigenvalue weighted by Gasteiger charge is -2.25. The average molecular weight is 362 g/mol. The van der Waals surface area contributed by atoms with E-state index in [4.69, 9.17) is 4.74 Å². The highest BCUT2D eigenvalue weighted by molar-refractivity contribution is 5.95. The molecule has 0 atom stereocenters. The van der Waals surface area contributed by atoms with Crippen LogP contribution in [0, 0.1) is 0 Å². The van der Waals surface area contributed by atoms with Crippen LogP contribution in [0.15, 0.2) is 60.7 Å². The Kier molecular flexibility index (Phi) is 5.54. The lowest BCUT2D eigenvalue weighted by Crippen LogP contribution is -2.33. The largest absolute Gasteiger partial charge is 0.460 e. The molecule has 1 aromatic heterocycles. The highest BCUT2D eigenvalue weighted by atomic mass is 16.5. The molecule has 2 heterocycles. The van der Waals surface area contributed by atoms with Gasteiger partial charge in [0.15, 0.2) is 0 Å². The van der Waals surface area contributed by atoms with E-state index in [0.29, 0.717) is 18.8 Å². The molecular formula is C23H26N2O2. The lowest BCUT2D eigenvalue weighted by atomic mass is 10.1. The van der Waals surface area contributed by atoms with E-state index >= 15 is 0 Å². The van der Waals surface area contributed by atoms with E-state index in [9.17, 15) is 4.79 Å². The summed E-state index contributed by atoms with van der Waals surface area (Å²) in [6.45, 7) is 4.17. The van der Waals surface area contributed by atoms with Crippen LogP contribution in [0.5, 0.6) is 0 Å². The van der Waals surface area contributed by atoms with Gasteiger partial charge in [-0.15, -0.1) is 0 Å². The van der Waals surface area contributed by atoms with Gasteiger partial charge in [0, 0.05) is 24.0 Å². The number of benzene rings is 2. The molecule has 0 bridgehead atoms. The molecular weight excluding hydrogens is 336 g/mol. The number of hydrogen-bond acceptors (Lipinski definition) is 3. The van der Waals surface area contributed by atoms with Crippen LogP contribution >= 0.6 is 0 Å². The highest BCUT2D eigenvalue weighted by Gasteiger charge is 2.18. The first-order valence-electron chi connectivity index (χ1n) is 9.83. The predicted octanol–water partition coefficient (Wildman–Crippen LogP) is 4.33. The number of rotatable bonds is 6. The summed E-state index contributed by atoms with van der Waals surface area (Å²) in [7, 11) is 0. The molecule has 140 valence electrons. The second-order valence-electron chi connectivity index (χ2n) is 7.20. The van der Waals surface area contributed by atoms with Crippen molar-refractivity contribution >= 4 is 16.9 Å². The monoisotopic (exact) mass is 362 g/mol. The minimum atomic E-state index is -0.237. The zero-order chi connectivity index (χ0) is 18.5. The number of carbonyl (C=O) groups excluding carboxylic acids is 1. The Labute approximate surface area is 160 Å². The van der Waals surface area contributed by atoms with E-state index in [1.807, 2.05) is 42.5 Å². The minimum Gasteiger partial charge on any atom is -0.460 e. The molecule has 0 unspecified atom stereocenters. The van der Waals surface area contributed by atoms with Gasteiger partial charge in [0.1, 0.15) is 12.3 Å². The second-order valence-corrected chi connectivity index (χ2v) is 7.20. The van der Waals surface area contributed by atoms with Crippen LogP contribution in [0.2, 0.25) is 0 Å². The fourth-order valence-corrected chi connectivity index (χ4v) is 3.84. The van der Waals surface area contributed by atoms with Gasteiger partial charge in [0.2, 0.25) is 0 Å². The van der Waals surface area contributed by atoms with Gasteiger partial charge >= 0.3 is 5.97 Å². The molecule has 0 aliphatic carbocycles. The molecule has 0 saturated carbocycles. The van der Waals surface area contributed by atoms with Gasteiger partial charge < -0.3 is 9.30 Å². The quantitative estimate of drug-likeness (QED) is 0.612. The topological polar surface area (TPSA) is 34.5 Å². The first kappa shape index (κ1) is 17.8. The Morgan fingerprint density at radius 3 is 2.48 bits per heavy atom. The van der Waals surface area contributed by atoms with Crippen LogP contribution < -0.4 is 0 Å². The zero-order valence-electron chi connectivity index (χ0n) is 15.6. The first-order chi connectivity index (χ1) is 13.3. The number of aromatic nitrogens is 1. The highest BCUT2D eigenvalue weighted by Crippen LogP contribution is 2.22. The van der Waals surface area contributed by atoms with Crippen molar-refractivity contribution in [1.29, 1.82) is 0 Å². The van der Waals surface area contributed by atoms with Crippen molar-refractivity contribution in [2.45, 2.75) is 25.8 Å². The second kappa shape index (κ2) is 8.40. The summed E-state index contributed by atoms with van der Waals surface area (Å²) in [6.07, 6.45) is 3.81. The van der Waals surface area contributed by atoms with E-state index in [1.165, 1.54) is 24.8 Å². The normalized spacial score (nSPS) is 15.1. The van der Waals surface area contributed by atoms with Crippen LogP contribution in [0.4, 0.5) is 0 Å². The maximum absolute atomic E-state index is 12.8. The zero-order valence-corrected chi connectivity index (χ0v) is 15.6. The van der Waals surface area contributed by atoms with Gasteiger partial charge in [-0.3, -0.25) is 4.90 Å². The molecule has 0 radical (unpaired) electrons. The summed E-state index contributed by atoms with van der Waals surface area (Å²) in [5.74, 6) is -0.237. The third-order valence-corrected chi connectivity index (χ3v) is 5.29. The molecule has 1 saturated heterocycles. The Hall–Kier alpha value is -2.59. The van der Waals surface area contributed by atoms with Gasteiger partial charge in [0.05, 0.1) is 0 Å². The molecule has 0 N–H and O–H groups in total. The molecule has 1 fully saturated rings. The number of esters is 1. The molecule has 0 amide bonds. The van der Waals surface area contributed by atoms with Crippen LogP contribution in [0.25, 0.3) is 10.9 Å². The smallest absolute Gasteiger partial charge is 0.355 e. The number of para-hydroxylation sites is 1. The maximum atomic E-state index is 12.8. The van der Waals surface area contributed by atoms with Crippen LogP contribution in [-0.2, 0) is 11.3 Å². The van der Waals surface area contributed by atoms with Crippen LogP contribution in [-0.4, -0.2) is 41.7 Å². The van der Waals surface area contributed by atoms with Gasteiger partial charge in [-0.05, 0) is 43.6 Å². The Balaban J connectivity index is 1.51. The van der Waals surface area contributed by atoms with Gasteiger partial charge in [0.25, 0.3) is 0 Å². The molecule has 27 heavy (non-hydrogen) atoms. The average Bonchev–Trinajstić information content (AvgIpc) is 3.08. The molecule has 4 heteroatoms. The number of hydrogen-bond donors (Lipinski definition) is 0. The molecule has 0 spiro atoms. The molecule has 3 aromatic rings. The van der Waals surface area contributed by atoms with Gasteiger partial charge in [-0.25, -0.2) is 4.79 Å². The maximum Gasteiger partial charge on any atom is 0.355 e.